The molecule has 0 spiro atoms. The minimum Gasteiger partial charge on any atom is -0.365 e. The Labute approximate surface area is 176 Å². The molecule has 0 saturated heterocycles. The molecule has 2 aliphatic rings. The molecular formula is C22H29N5OS. The molecule has 4 rings (SSSR count). The van der Waals surface area contributed by atoms with E-state index in [0.29, 0.717) is 11.4 Å². The monoisotopic (exact) mass is 411 g/mol. The molecule has 29 heavy (non-hydrogen) atoms. The lowest BCUT2D eigenvalue weighted by molar-refractivity contribution is -0.114. The molecule has 1 aromatic carbocycles. The number of nitrogens with zero attached hydrogens (tertiary/aromatic N) is 4. The number of carbonyl (C=O) groups is 1. The Kier molecular flexibility index (Phi) is 6.23. The molecule has 6 nitrogen and oxygen atoms in total. The summed E-state index contributed by atoms with van der Waals surface area (Å²) in [5, 5.41) is 8.83. The average molecular weight is 412 g/mol. The molecule has 7 heteroatoms. The summed E-state index contributed by atoms with van der Waals surface area (Å²) >= 11 is 1.46. The van der Waals surface area contributed by atoms with Gasteiger partial charge in [0, 0.05) is 12.2 Å². The van der Waals surface area contributed by atoms with Gasteiger partial charge in [0.2, 0.25) is 0 Å². The van der Waals surface area contributed by atoms with Crippen LogP contribution in [-0.2, 0) is 17.8 Å². The number of hydrogen-bond acceptors (Lipinski definition) is 5. The van der Waals surface area contributed by atoms with Crippen LogP contribution in [0.2, 0.25) is 0 Å². The van der Waals surface area contributed by atoms with Crippen molar-refractivity contribution in [1.29, 1.82) is 0 Å². The van der Waals surface area contributed by atoms with Crippen LogP contribution >= 0.6 is 11.8 Å². The number of primary amides is 1. The summed E-state index contributed by atoms with van der Waals surface area (Å²) in [6.45, 7) is 2.65. The lowest BCUT2D eigenvalue weighted by atomic mass is 9.86. The van der Waals surface area contributed by atoms with Gasteiger partial charge in [0.25, 0.3) is 5.91 Å². The Bertz CT molecular complexity index is 872. The van der Waals surface area contributed by atoms with Crippen LogP contribution < -0.4 is 5.73 Å². The quantitative estimate of drug-likeness (QED) is 0.738. The van der Waals surface area contributed by atoms with Crippen molar-refractivity contribution >= 4 is 17.7 Å². The fourth-order valence-electron chi connectivity index (χ4n) is 4.32. The van der Waals surface area contributed by atoms with E-state index in [1.54, 1.807) is 0 Å². The Morgan fingerprint density at radius 1 is 1.21 bits per heavy atom. The van der Waals surface area contributed by atoms with Crippen LogP contribution in [0.5, 0.6) is 0 Å². The topological polar surface area (TPSA) is 77.0 Å². The molecule has 154 valence electrons. The summed E-state index contributed by atoms with van der Waals surface area (Å²) < 4.78 is 1.88. The molecule has 1 aromatic heterocycles. The van der Waals surface area contributed by atoms with Gasteiger partial charge in [-0.2, -0.15) is 0 Å². The van der Waals surface area contributed by atoms with E-state index in [4.69, 9.17) is 5.73 Å². The number of carbonyl (C=O) groups excluding carboxylic acids is 1. The van der Waals surface area contributed by atoms with E-state index in [1.807, 2.05) is 36.0 Å². The normalized spacial score (nSPS) is 20.4. The molecule has 1 aliphatic heterocycles. The lowest BCUT2D eigenvalue weighted by Crippen LogP contribution is -2.26. The number of aromatic nitrogens is 3. The molecule has 0 radical (unpaired) electrons. The molecule has 1 amide bonds. The van der Waals surface area contributed by atoms with Crippen LogP contribution in [0.15, 0.2) is 47.1 Å². The third-order valence-corrected chi connectivity index (χ3v) is 7.40. The fraction of sp³-hybridized carbons (Fsp3) is 0.500. The maximum atomic E-state index is 11.9. The first kappa shape index (κ1) is 20.0. The van der Waals surface area contributed by atoms with E-state index in [2.05, 4.69) is 27.3 Å². The number of allylic oxidation sites excluding steroid dienone is 1. The summed E-state index contributed by atoms with van der Waals surface area (Å²) in [4.78, 5) is 14.7. The zero-order chi connectivity index (χ0) is 20.2. The van der Waals surface area contributed by atoms with E-state index < -0.39 is 0 Å². The predicted molar refractivity (Wildman–Crippen MR) is 115 cm³/mol. The van der Waals surface area contributed by atoms with Crippen LogP contribution in [0, 0.1) is 5.92 Å². The molecule has 1 atom stereocenters. The highest BCUT2D eigenvalue weighted by Gasteiger charge is 2.34. The molecule has 2 N–H and O–H groups in total. The van der Waals surface area contributed by atoms with Crippen LogP contribution in [0.25, 0.3) is 0 Å². The predicted octanol–water partition coefficient (Wildman–Crippen LogP) is 4.21. The van der Waals surface area contributed by atoms with Crippen molar-refractivity contribution in [3.8, 4) is 0 Å². The molecule has 0 bridgehead atoms. The van der Waals surface area contributed by atoms with Crippen molar-refractivity contribution in [2.45, 2.75) is 63.9 Å². The smallest absolute Gasteiger partial charge is 0.257 e. The van der Waals surface area contributed by atoms with Gasteiger partial charge in [-0.3, -0.25) is 4.79 Å². The first-order chi connectivity index (χ1) is 14.1. The van der Waals surface area contributed by atoms with Crippen molar-refractivity contribution in [3.05, 3.63) is 58.4 Å². The third kappa shape index (κ3) is 4.66. The summed E-state index contributed by atoms with van der Waals surface area (Å²) in [6.07, 6.45) is 11.0. The number of rotatable bonds is 7. The number of hydrogen-bond donors (Lipinski definition) is 1. The van der Waals surface area contributed by atoms with Crippen molar-refractivity contribution < 1.29 is 4.79 Å². The minimum absolute atomic E-state index is 0.145. The van der Waals surface area contributed by atoms with Crippen LogP contribution in [0.3, 0.4) is 0 Å². The van der Waals surface area contributed by atoms with E-state index in [1.165, 1.54) is 55.9 Å². The zero-order valence-electron chi connectivity index (χ0n) is 17.0. The van der Waals surface area contributed by atoms with E-state index in [9.17, 15) is 4.79 Å². The average Bonchev–Trinajstić information content (AvgIpc) is 3.33. The van der Waals surface area contributed by atoms with Crippen LogP contribution in [0.1, 0.15) is 62.2 Å². The summed E-state index contributed by atoms with van der Waals surface area (Å²) in [6, 6.07) is 10.2. The maximum Gasteiger partial charge on any atom is 0.257 e. The first-order valence-electron chi connectivity index (χ1n) is 10.5. The highest BCUT2D eigenvalue weighted by molar-refractivity contribution is 8.04. The largest absolute Gasteiger partial charge is 0.365 e. The van der Waals surface area contributed by atoms with Gasteiger partial charge in [-0.1, -0.05) is 79.4 Å². The van der Waals surface area contributed by atoms with Crippen LogP contribution in [-0.4, -0.2) is 25.8 Å². The Balaban J connectivity index is 1.48. The van der Waals surface area contributed by atoms with Gasteiger partial charge in [0.1, 0.15) is 0 Å². The lowest BCUT2D eigenvalue weighted by Gasteiger charge is -2.27. The van der Waals surface area contributed by atoms with E-state index >= 15 is 0 Å². The van der Waals surface area contributed by atoms with Gasteiger partial charge in [-0.15, -0.1) is 5.10 Å². The van der Waals surface area contributed by atoms with Gasteiger partial charge in [0.15, 0.2) is 5.50 Å². The summed E-state index contributed by atoms with van der Waals surface area (Å²) in [5.74, 6) is 0.445. The third-order valence-electron chi connectivity index (χ3n) is 5.99. The fourth-order valence-corrected chi connectivity index (χ4v) is 5.51. The zero-order valence-corrected chi connectivity index (χ0v) is 17.8. The molecule has 1 saturated carbocycles. The number of nitrogens with two attached hydrogens (primary N) is 1. The summed E-state index contributed by atoms with van der Waals surface area (Å²) in [5.41, 5.74) is 8.59. The summed E-state index contributed by atoms with van der Waals surface area (Å²) in [7, 11) is 0. The van der Waals surface area contributed by atoms with Gasteiger partial charge in [-0.05, 0) is 31.2 Å². The Hall–Kier alpha value is -2.28. The SMILES string of the molecule is CC1=C(C(N)=O)SC(n2cc(CCC3CCCCC3)nn2)N1Cc1ccccc1. The molecule has 2 heterocycles. The Morgan fingerprint density at radius 2 is 1.97 bits per heavy atom. The van der Waals surface area contributed by atoms with Gasteiger partial charge in [-0.25, -0.2) is 4.68 Å². The van der Waals surface area contributed by atoms with Gasteiger partial charge in [0.05, 0.1) is 16.8 Å². The number of thioether (sulfide) groups is 1. The van der Waals surface area contributed by atoms with E-state index in [0.717, 1.165) is 23.7 Å². The maximum absolute atomic E-state index is 11.9. The van der Waals surface area contributed by atoms with E-state index in [-0.39, 0.29) is 11.4 Å². The highest BCUT2D eigenvalue weighted by atomic mass is 32.2. The molecule has 1 unspecified atom stereocenters. The number of benzene rings is 1. The second-order valence-corrected chi connectivity index (χ2v) is 9.13. The number of aryl methyl sites for hydroxylation is 1. The molecule has 2 aromatic rings. The van der Waals surface area contributed by atoms with Crippen molar-refractivity contribution in [3.63, 3.8) is 0 Å². The van der Waals surface area contributed by atoms with Gasteiger partial charge < -0.3 is 10.6 Å². The highest BCUT2D eigenvalue weighted by Crippen LogP contribution is 2.45. The second kappa shape index (κ2) is 9.03. The van der Waals surface area contributed by atoms with Gasteiger partial charge >= 0.3 is 0 Å². The van der Waals surface area contributed by atoms with Crippen molar-refractivity contribution in [2.24, 2.45) is 11.7 Å². The molecule has 1 fully saturated rings. The standard InChI is InChI=1S/C22H29N5OS/c1-16-20(21(23)28)29-22(26(16)14-18-10-6-3-7-11-18)27-15-19(24-25-27)13-12-17-8-4-2-5-9-17/h3,6-7,10-11,15,17,22H,2,4-5,8-9,12-14H2,1H3,(H2,23,28). The van der Waals surface area contributed by atoms with Crippen molar-refractivity contribution in [1.82, 2.24) is 19.9 Å². The van der Waals surface area contributed by atoms with Crippen molar-refractivity contribution in [2.75, 3.05) is 0 Å². The first-order valence-corrected chi connectivity index (χ1v) is 11.4. The minimum atomic E-state index is -0.384. The number of amides is 1. The molecular weight excluding hydrogens is 382 g/mol. The van der Waals surface area contributed by atoms with Crippen LogP contribution in [0.4, 0.5) is 0 Å². The molecule has 1 aliphatic carbocycles. The second-order valence-electron chi connectivity index (χ2n) is 8.07. The Morgan fingerprint density at radius 3 is 2.69 bits per heavy atom.